The van der Waals surface area contributed by atoms with Gasteiger partial charge in [-0.25, -0.2) is 0 Å². The van der Waals surface area contributed by atoms with Crippen LogP contribution in [0.15, 0.2) is 35.3 Å². The van der Waals surface area contributed by atoms with Crippen molar-refractivity contribution in [3.8, 4) is 0 Å². The number of para-hydroxylation sites is 1. The van der Waals surface area contributed by atoms with Crippen LogP contribution in [0.3, 0.4) is 0 Å². The molecule has 5 nitrogen and oxygen atoms in total. The second kappa shape index (κ2) is 6.38. The summed E-state index contributed by atoms with van der Waals surface area (Å²) in [6.07, 6.45) is 8.59. The molecule has 1 saturated heterocycles. The van der Waals surface area contributed by atoms with Gasteiger partial charge in [-0.1, -0.05) is 25.0 Å². The highest BCUT2D eigenvalue weighted by Gasteiger charge is 2.35. The number of nitrogens with zero attached hydrogens (tertiary/aromatic N) is 3. The molecule has 5 heteroatoms. The Morgan fingerprint density at radius 2 is 1.92 bits per heavy atom. The molecule has 0 bridgehead atoms. The van der Waals surface area contributed by atoms with E-state index < -0.39 is 0 Å². The number of hydrogen-bond donors (Lipinski definition) is 0. The van der Waals surface area contributed by atoms with Gasteiger partial charge < -0.3 is 4.90 Å². The van der Waals surface area contributed by atoms with E-state index in [4.69, 9.17) is 0 Å². The molecule has 2 atom stereocenters. The Morgan fingerprint density at radius 1 is 1.12 bits per heavy atom. The van der Waals surface area contributed by atoms with Gasteiger partial charge in [-0.2, -0.15) is 5.10 Å². The zero-order valence-corrected chi connectivity index (χ0v) is 13.9. The first kappa shape index (κ1) is 15.4. The molecule has 2 heterocycles. The SMILES string of the molecule is O=C(Cn1ncc(=O)c2ccccc21)N1CCC[C@H]2CCCC[C@H]21. The Labute approximate surface area is 141 Å². The van der Waals surface area contributed by atoms with Crippen molar-refractivity contribution in [2.45, 2.75) is 51.1 Å². The molecular formula is C19H23N3O2. The topological polar surface area (TPSA) is 55.2 Å². The fourth-order valence-electron chi connectivity index (χ4n) is 4.44. The molecule has 0 radical (unpaired) electrons. The third-order valence-electron chi connectivity index (χ3n) is 5.61. The third-order valence-corrected chi connectivity index (χ3v) is 5.61. The first-order valence-corrected chi connectivity index (χ1v) is 8.98. The maximum atomic E-state index is 12.9. The number of carbonyl (C=O) groups excluding carboxylic acids is 1. The summed E-state index contributed by atoms with van der Waals surface area (Å²) in [5, 5.41) is 4.82. The molecule has 1 amide bonds. The van der Waals surface area contributed by atoms with E-state index in [0.29, 0.717) is 17.3 Å². The van der Waals surface area contributed by atoms with Crippen molar-refractivity contribution < 1.29 is 4.79 Å². The predicted molar refractivity (Wildman–Crippen MR) is 92.7 cm³/mol. The van der Waals surface area contributed by atoms with Gasteiger partial charge in [0, 0.05) is 18.0 Å². The molecule has 24 heavy (non-hydrogen) atoms. The smallest absolute Gasteiger partial charge is 0.244 e. The zero-order chi connectivity index (χ0) is 16.5. The van der Waals surface area contributed by atoms with Gasteiger partial charge in [0.05, 0.1) is 11.7 Å². The fourth-order valence-corrected chi connectivity index (χ4v) is 4.44. The number of amides is 1. The van der Waals surface area contributed by atoms with Crippen LogP contribution in [0.5, 0.6) is 0 Å². The monoisotopic (exact) mass is 325 g/mol. The van der Waals surface area contributed by atoms with E-state index in [0.717, 1.165) is 24.9 Å². The van der Waals surface area contributed by atoms with Crippen LogP contribution >= 0.6 is 0 Å². The Morgan fingerprint density at radius 3 is 2.83 bits per heavy atom. The molecule has 126 valence electrons. The van der Waals surface area contributed by atoms with Gasteiger partial charge >= 0.3 is 0 Å². The van der Waals surface area contributed by atoms with Gasteiger partial charge in [-0.05, 0) is 43.7 Å². The summed E-state index contributed by atoms with van der Waals surface area (Å²) >= 11 is 0. The molecule has 2 fully saturated rings. The molecule has 1 aliphatic carbocycles. The third kappa shape index (κ3) is 2.72. The minimum absolute atomic E-state index is 0.0976. The van der Waals surface area contributed by atoms with Gasteiger partial charge in [0.15, 0.2) is 0 Å². The van der Waals surface area contributed by atoms with Gasteiger partial charge in [-0.15, -0.1) is 0 Å². The molecule has 0 spiro atoms. The first-order valence-electron chi connectivity index (χ1n) is 8.98. The van der Waals surface area contributed by atoms with Crippen LogP contribution < -0.4 is 5.43 Å². The van der Waals surface area contributed by atoms with Crippen molar-refractivity contribution in [2.24, 2.45) is 5.92 Å². The maximum absolute atomic E-state index is 12.9. The molecular weight excluding hydrogens is 302 g/mol. The Bertz CT molecular complexity index is 812. The minimum atomic E-state index is -0.0976. The van der Waals surface area contributed by atoms with Crippen molar-refractivity contribution in [2.75, 3.05) is 6.54 Å². The van der Waals surface area contributed by atoms with E-state index in [2.05, 4.69) is 10.00 Å². The van der Waals surface area contributed by atoms with Gasteiger partial charge in [0.2, 0.25) is 11.3 Å². The highest BCUT2D eigenvalue weighted by Crippen LogP contribution is 2.35. The Kier molecular flexibility index (Phi) is 4.08. The summed E-state index contributed by atoms with van der Waals surface area (Å²) in [7, 11) is 0. The molecule has 1 aliphatic heterocycles. The molecule has 1 aromatic heterocycles. The Hall–Kier alpha value is -2.17. The molecule has 1 saturated carbocycles. The fraction of sp³-hybridized carbons (Fsp3) is 0.526. The highest BCUT2D eigenvalue weighted by atomic mass is 16.2. The summed E-state index contributed by atoms with van der Waals surface area (Å²) in [5.74, 6) is 0.808. The lowest BCUT2D eigenvalue weighted by molar-refractivity contribution is -0.138. The minimum Gasteiger partial charge on any atom is -0.338 e. The summed E-state index contributed by atoms with van der Waals surface area (Å²) in [5.41, 5.74) is 0.634. The van der Waals surface area contributed by atoms with Crippen molar-refractivity contribution in [1.29, 1.82) is 0 Å². The number of piperidine rings is 1. The summed E-state index contributed by atoms with van der Waals surface area (Å²) < 4.78 is 1.67. The quantitative estimate of drug-likeness (QED) is 0.853. The normalized spacial score (nSPS) is 23.9. The Balaban J connectivity index is 1.60. The lowest BCUT2D eigenvalue weighted by Gasteiger charge is -2.44. The van der Waals surface area contributed by atoms with Crippen LogP contribution in [0.4, 0.5) is 0 Å². The number of fused-ring (bicyclic) bond motifs is 2. The van der Waals surface area contributed by atoms with E-state index in [9.17, 15) is 9.59 Å². The second-order valence-corrected chi connectivity index (χ2v) is 7.02. The van der Waals surface area contributed by atoms with Crippen LogP contribution in [0.25, 0.3) is 10.9 Å². The number of benzene rings is 1. The lowest BCUT2D eigenvalue weighted by atomic mass is 9.78. The molecule has 4 rings (SSSR count). The van der Waals surface area contributed by atoms with Crippen LogP contribution in [0.1, 0.15) is 38.5 Å². The van der Waals surface area contributed by atoms with Crippen LogP contribution in [0, 0.1) is 5.92 Å². The highest BCUT2D eigenvalue weighted by molar-refractivity contribution is 5.81. The van der Waals surface area contributed by atoms with Gasteiger partial charge in [0.25, 0.3) is 0 Å². The number of hydrogen-bond acceptors (Lipinski definition) is 3. The number of rotatable bonds is 2. The van der Waals surface area contributed by atoms with Crippen LogP contribution in [0.2, 0.25) is 0 Å². The summed E-state index contributed by atoms with van der Waals surface area (Å²) in [6, 6.07) is 7.77. The largest absolute Gasteiger partial charge is 0.338 e. The number of aromatic nitrogens is 2. The van der Waals surface area contributed by atoms with Crippen molar-refractivity contribution >= 4 is 16.8 Å². The average Bonchev–Trinajstić information content (AvgIpc) is 2.64. The van der Waals surface area contributed by atoms with E-state index in [1.54, 1.807) is 10.7 Å². The summed E-state index contributed by atoms with van der Waals surface area (Å²) in [6.45, 7) is 1.07. The number of carbonyl (C=O) groups is 1. The van der Waals surface area contributed by atoms with E-state index in [1.165, 1.54) is 31.9 Å². The van der Waals surface area contributed by atoms with E-state index in [-0.39, 0.29) is 17.9 Å². The standard InChI is InChI=1S/C19H23N3O2/c23-18-12-20-22(17-10-4-2-8-15(17)18)13-19(24)21-11-5-7-14-6-1-3-9-16(14)21/h2,4,8,10,12,14,16H,1,3,5-7,9,11,13H2/t14-,16-/m1/s1. The van der Waals surface area contributed by atoms with Crippen molar-refractivity contribution in [3.63, 3.8) is 0 Å². The predicted octanol–water partition coefficient (Wildman–Crippen LogP) is 2.58. The lowest BCUT2D eigenvalue weighted by Crippen LogP contribution is -2.50. The van der Waals surface area contributed by atoms with Crippen LogP contribution in [-0.4, -0.2) is 33.2 Å². The van der Waals surface area contributed by atoms with E-state index >= 15 is 0 Å². The van der Waals surface area contributed by atoms with Crippen molar-refractivity contribution in [3.05, 3.63) is 40.7 Å². The van der Waals surface area contributed by atoms with Crippen molar-refractivity contribution in [1.82, 2.24) is 14.7 Å². The second-order valence-electron chi connectivity index (χ2n) is 7.02. The molecule has 2 aromatic rings. The summed E-state index contributed by atoms with van der Waals surface area (Å²) in [4.78, 5) is 27.0. The van der Waals surface area contributed by atoms with Gasteiger partial charge in [-0.3, -0.25) is 14.3 Å². The average molecular weight is 325 g/mol. The number of likely N-dealkylation sites (tertiary alicyclic amines) is 1. The molecule has 1 aromatic carbocycles. The molecule has 0 N–H and O–H groups in total. The molecule has 0 unspecified atom stereocenters. The van der Waals surface area contributed by atoms with Crippen LogP contribution in [-0.2, 0) is 11.3 Å². The zero-order valence-electron chi connectivity index (χ0n) is 13.9. The van der Waals surface area contributed by atoms with Gasteiger partial charge in [0.1, 0.15) is 6.54 Å². The maximum Gasteiger partial charge on any atom is 0.244 e. The molecule has 2 aliphatic rings. The van der Waals surface area contributed by atoms with E-state index in [1.807, 2.05) is 18.2 Å². The first-order chi connectivity index (χ1) is 11.7.